The Morgan fingerprint density at radius 1 is 1.14 bits per heavy atom. The van der Waals surface area contributed by atoms with Gasteiger partial charge in [0, 0.05) is 39.8 Å². The predicted octanol–water partition coefficient (Wildman–Crippen LogP) is 1.64. The number of piperazine rings is 1. The fraction of sp³-hybridized carbons (Fsp3) is 0.636. The van der Waals surface area contributed by atoms with Gasteiger partial charge in [0.2, 0.25) is 11.8 Å². The number of likely N-dealkylation sites (tertiary alicyclic amines) is 1. The van der Waals surface area contributed by atoms with Crippen LogP contribution in [0.3, 0.4) is 0 Å². The molecule has 3 rings (SSSR count). The van der Waals surface area contributed by atoms with Crippen molar-refractivity contribution in [2.24, 2.45) is 0 Å². The second-order valence-electron chi connectivity index (χ2n) is 7.97. The molecule has 1 aromatic rings. The van der Waals surface area contributed by atoms with E-state index in [1.807, 2.05) is 17.9 Å². The molecule has 0 aromatic heterocycles. The molecule has 2 aliphatic rings. The average Bonchev–Trinajstić information content (AvgIpc) is 2.74. The van der Waals surface area contributed by atoms with Gasteiger partial charge in [-0.3, -0.25) is 14.5 Å². The van der Waals surface area contributed by atoms with Crippen LogP contribution in [0, 0.1) is 13.8 Å². The number of piperidine rings is 1. The van der Waals surface area contributed by atoms with Gasteiger partial charge in [-0.25, -0.2) is 0 Å². The first kappa shape index (κ1) is 21.6. The van der Waals surface area contributed by atoms with Crippen LogP contribution in [-0.2, 0) is 20.9 Å². The molecule has 0 bridgehead atoms. The van der Waals surface area contributed by atoms with Crippen molar-refractivity contribution >= 4 is 11.8 Å². The molecule has 1 atom stereocenters. The van der Waals surface area contributed by atoms with Crippen molar-refractivity contribution in [1.82, 2.24) is 15.1 Å². The van der Waals surface area contributed by atoms with Gasteiger partial charge in [0.05, 0.1) is 25.7 Å². The SMILES string of the molecule is COc1ccc(CN2CCNC(=O)[C@@H]2CC(=O)N2CCC(OC)CC2)c(C)c1C. The highest BCUT2D eigenvalue weighted by molar-refractivity contribution is 5.88. The molecule has 7 nitrogen and oxygen atoms in total. The third-order valence-corrected chi connectivity index (χ3v) is 6.38. The zero-order valence-corrected chi connectivity index (χ0v) is 18.0. The molecule has 0 radical (unpaired) electrons. The van der Waals surface area contributed by atoms with Crippen molar-refractivity contribution in [3.8, 4) is 5.75 Å². The Morgan fingerprint density at radius 3 is 2.52 bits per heavy atom. The zero-order chi connectivity index (χ0) is 21.0. The van der Waals surface area contributed by atoms with Gasteiger partial charge in [0.1, 0.15) is 5.75 Å². The molecule has 7 heteroatoms. The molecule has 2 aliphatic heterocycles. The van der Waals surface area contributed by atoms with Gasteiger partial charge >= 0.3 is 0 Å². The number of hydrogen-bond donors (Lipinski definition) is 1. The molecule has 1 N–H and O–H groups in total. The minimum atomic E-state index is -0.432. The van der Waals surface area contributed by atoms with Gasteiger partial charge in [0.15, 0.2) is 0 Å². The summed E-state index contributed by atoms with van der Waals surface area (Å²) in [6, 6.07) is 3.60. The van der Waals surface area contributed by atoms with Gasteiger partial charge < -0.3 is 19.7 Å². The Balaban J connectivity index is 1.69. The smallest absolute Gasteiger partial charge is 0.237 e. The highest BCUT2D eigenvalue weighted by Gasteiger charge is 2.34. The van der Waals surface area contributed by atoms with E-state index in [2.05, 4.69) is 23.2 Å². The van der Waals surface area contributed by atoms with Crippen LogP contribution >= 0.6 is 0 Å². The van der Waals surface area contributed by atoms with E-state index in [1.165, 1.54) is 5.56 Å². The molecule has 0 unspecified atom stereocenters. The standard InChI is InChI=1S/C22H33N3O4/c1-15-16(2)20(29-4)6-5-17(15)14-25-12-9-23-22(27)19(25)13-21(26)24-10-7-18(28-3)8-11-24/h5-6,18-19H,7-14H2,1-4H3,(H,23,27)/t19-/m0/s1. The van der Waals surface area contributed by atoms with Crippen LogP contribution in [0.5, 0.6) is 5.75 Å². The quantitative estimate of drug-likeness (QED) is 0.782. The zero-order valence-electron chi connectivity index (χ0n) is 18.0. The number of rotatable bonds is 6. The summed E-state index contributed by atoms with van der Waals surface area (Å²) in [4.78, 5) is 29.5. The molecule has 2 amide bonds. The fourth-order valence-corrected chi connectivity index (χ4v) is 4.27. The summed E-state index contributed by atoms with van der Waals surface area (Å²) in [6.45, 7) is 7.51. The van der Waals surface area contributed by atoms with Crippen molar-refractivity contribution in [1.29, 1.82) is 0 Å². The van der Waals surface area contributed by atoms with Crippen molar-refractivity contribution in [2.45, 2.75) is 51.8 Å². The van der Waals surface area contributed by atoms with E-state index >= 15 is 0 Å². The normalized spacial score (nSPS) is 21.2. The Morgan fingerprint density at radius 2 is 1.86 bits per heavy atom. The van der Waals surface area contributed by atoms with Gasteiger partial charge in [-0.05, 0) is 49.4 Å². The molecule has 1 aromatic carbocycles. The minimum absolute atomic E-state index is 0.0502. The van der Waals surface area contributed by atoms with Gasteiger partial charge in [-0.15, -0.1) is 0 Å². The van der Waals surface area contributed by atoms with Gasteiger partial charge in [-0.2, -0.15) is 0 Å². The number of amides is 2. The van der Waals surface area contributed by atoms with E-state index < -0.39 is 6.04 Å². The van der Waals surface area contributed by atoms with Crippen LogP contribution in [0.1, 0.15) is 36.0 Å². The van der Waals surface area contributed by atoms with Crippen molar-refractivity contribution in [3.05, 3.63) is 28.8 Å². The maximum absolute atomic E-state index is 12.9. The van der Waals surface area contributed by atoms with E-state index in [0.29, 0.717) is 26.2 Å². The third kappa shape index (κ3) is 4.90. The summed E-state index contributed by atoms with van der Waals surface area (Å²) in [5.41, 5.74) is 3.44. The second kappa shape index (κ2) is 9.59. The monoisotopic (exact) mass is 403 g/mol. The molecule has 0 spiro atoms. The Hall–Kier alpha value is -2.12. The molecule has 0 saturated carbocycles. The van der Waals surface area contributed by atoms with Crippen LogP contribution in [-0.4, -0.2) is 74.2 Å². The van der Waals surface area contributed by atoms with Gasteiger partial charge in [0.25, 0.3) is 0 Å². The lowest BCUT2D eigenvalue weighted by Crippen LogP contribution is -2.56. The van der Waals surface area contributed by atoms with Crippen LogP contribution < -0.4 is 10.1 Å². The number of hydrogen-bond acceptors (Lipinski definition) is 5. The fourth-order valence-electron chi connectivity index (χ4n) is 4.27. The van der Waals surface area contributed by atoms with Gasteiger partial charge in [-0.1, -0.05) is 6.07 Å². The van der Waals surface area contributed by atoms with Crippen molar-refractivity contribution in [2.75, 3.05) is 40.4 Å². The highest BCUT2D eigenvalue weighted by atomic mass is 16.5. The van der Waals surface area contributed by atoms with E-state index in [-0.39, 0.29) is 24.3 Å². The lowest BCUT2D eigenvalue weighted by Gasteiger charge is -2.37. The number of carbonyl (C=O) groups excluding carboxylic acids is 2. The first-order valence-electron chi connectivity index (χ1n) is 10.4. The van der Waals surface area contributed by atoms with Crippen molar-refractivity contribution < 1.29 is 19.1 Å². The molecule has 29 heavy (non-hydrogen) atoms. The summed E-state index contributed by atoms with van der Waals surface area (Å²) in [5, 5.41) is 2.93. The largest absolute Gasteiger partial charge is 0.496 e. The first-order valence-corrected chi connectivity index (χ1v) is 10.4. The summed E-state index contributed by atoms with van der Waals surface area (Å²) in [6.07, 6.45) is 2.16. The molecule has 2 fully saturated rings. The summed E-state index contributed by atoms with van der Waals surface area (Å²) < 4.78 is 10.8. The number of methoxy groups -OCH3 is 2. The second-order valence-corrected chi connectivity index (χ2v) is 7.97. The summed E-state index contributed by atoms with van der Waals surface area (Å²) in [7, 11) is 3.39. The van der Waals surface area contributed by atoms with Crippen LogP contribution in [0.25, 0.3) is 0 Å². The molecule has 160 valence electrons. The number of nitrogens with one attached hydrogen (secondary N) is 1. The Kier molecular flexibility index (Phi) is 7.14. The topological polar surface area (TPSA) is 71.1 Å². The Labute approximate surface area is 173 Å². The van der Waals surface area contributed by atoms with E-state index in [4.69, 9.17) is 9.47 Å². The van der Waals surface area contributed by atoms with E-state index in [1.54, 1.807) is 14.2 Å². The molecule has 2 heterocycles. The van der Waals surface area contributed by atoms with E-state index in [9.17, 15) is 9.59 Å². The molecule has 0 aliphatic carbocycles. The van der Waals surface area contributed by atoms with Crippen molar-refractivity contribution in [3.63, 3.8) is 0 Å². The molecular formula is C22H33N3O4. The van der Waals surface area contributed by atoms with E-state index in [0.717, 1.165) is 36.3 Å². The predicted molar refractivity (Wildman–Crippen MR) is 111 cm³/mol. The maximum atomic E-state index is 12.9. The third-order valence-electron chi connectivity index (χ3n) is 6.38. The summed E-state index contributed by atoms with van der Waals surface area (Å²) >= 11 is 0. The highest BCUT2D eigenvalue weighted by Crippen LogP contribution is 2.26. The molecular weight excluding hydrogens is 370 g/mol. The maximum Gasteiger partial charge on any atom is 0.237 e. The lowest BCUT2D eigenvalue weighted by atomic mass is 9.99. The van der Waals surface area contributed by atoms with Crippen LogP contribution in [0.15, 0.2) is 12.1 Å². The Bertz CT molecular complexity index is 744. The van der Waals surface area contributed by atoms with Crippen LogP contribution in [0.4, 0.5) is 0 Å². The average molecular weight is 404 g/mol. The first-order chi connectivity index (χ1) is 13.9. The lowest BCUT2D eigenvalue weighted by molar-refractivity contribution is -0.140. The minimum Gasteiger partial charge on any atom is -0.496 e. The summed E-state index contributed by atoms with van der Waals surface area (Å²) in [5.74, 6) is 0.863. The van der Waals surface area contributed by atoms with Crippen LogP contribution in [0.2, 0.25) is 0 Å². The number of ether oxygens (including phenoxy) is 2. The number of benzene rings is 1. The molecule has 2 saturated heterocycles. The number of carbonyl (C=O) groups is 2. The number of nitrogens with zero attached hydrogens (tertiary/aromatic N) is 2.